The van der Waals surface area contributed by atoms with Crippen molar-refractivity contribution in [3.8, 4) is 0 Å². The lowest BCUT2D eigenvalue weighted by molar-refractivity contribution is -0.200. The van der Waals surface area contributed by atoms with Crippen LogP contribution < -0.4 is 5.73 Å². The molecule has 0 saturated heterocycles. The zero-order valence-electron chi connectivity index (χ0n) is 10.3. The van der Waals surface area contributed by atoms with E-state index in [2.05, 4.69) is 0 Å². The fourth-order valence-corrected chi connectivity index (χ4v) is 2.64. The molecule has 0 aromatic rings. The average Bonchev–Trinajstić information content (AvgIpc) is 2.14. The van der Waals surface area contributed by atoms with Crippen LogP contribution in [-0.2, 0) is 0 Å². The first-order chi connectivity index (χ1) is 7.14. The van der Waals surface area contributed by atoms with Crippen molar-refractivity contribution < 1.29 is 13.2 Å². The molecule has 0 aromatic heterocycles. The van der Waals surface area contributed by atoms with Crippen LogP contribution in [0.15, 0.2) is 0 Å². The Morgan fingerprint density at radius 2 is 1.56 bits per heavy atom. The number of halogens is 3. The fourth-order valence-electron chi connectivity index (χ4n) is 2.64. The molecule has 0 aliphatic heterocycles. The summed E-state index contributed by atoms with van der Waals surface area (Å²) in [5.41, 5.74) is 5.75. The molecule has 0 aromatic carbocycles. The lowest BCUT2D eigenvalue weighted by Gasteiger charge is -2.41. The summed E-state index contributed by atoms with van der Waals surface area (Å²) in [6.07, 6.45) is -1.67. The van der Waals surface area contributed by atoms with Gasteiger partial charge in [0.2, 0.25) is 0 Å². The topological polar surface area (TPSA) is 26.0 Å². The summed E-state index contributed by atoms with van der Waals surface area (Å²) in [6, 6.07) is -0.376. The highest BCUT2D eigenvalue weighted by molar-refractivity contribution is 4.92. The highest BCUT2D eigenvalue weighted by Crippen LogP contribution is 2.45. The third kappa shape index (κ3) is 3.12. The van der Waals surface area contributed by atoms with Gasteiger partial charge in [-0.05, 0) is 24.2 Å². The van der Waals surface area contributed by atoms with Crippen molar-refractivity contribution in [2.75, 3.05) is 0 Å². The molecule has 0 heterocycles. The van der Waals surface area contributed by atoms with Crippen LogP contribution in [0.2, 0.25) is 0 Å². The van der Waals surface area contributed by atoms with Gasteiger partial charge in [-0.1, -0.05) is 33.6 Å². The van der Waals surface area contributed by atoms with Crippen LogP contribution in [-0.4, -0.2) is 12.2 Å². The van der Waals surface area contributed by atoms with Crippen LogP contribution in [0, 0.1) is 17.3 Å². The third-order valence-corrected chi connectivity index (χ3v) is 3.70. The smallest absolute Gasteiger partial charge is 0.327 e. The molecule has 1 rings (SSSR count). The Labute approximate surface area is 95.6 Å². The van der Waals surface area contributed by atoms with Crippen molar-refractivity contribution >= 4 is 0 Å². The van der Waals surface area contributed by atoms with Gasteiger partial charge in [-0.3, -0.25) is 0 Å². The van der Waals surface area contributed by atoms with Gasteiger partial charge in [0.25, 0.3) is 0 Å². The Balaban J connectivity index is 2.83. The van der Waals surface area contributed by atoms with E-state index in [0.29, 0.717) is 12.8 Å². The molecule has 0 amide bonds. The molecule has 2 N–H and O–H groups in total. The number of hydrogen-bond donors (Lipinski definition) is 1. The Morgan fingerprint density at radius 1 is 1.06 bits per heavy atom. The normalized spacial score (nSPS) is 30.2. The lowest BCUT2D eigenvalue weighted by Crippen LogP contribution is -2.49. The number of hydrogen-bond acceptors (Lipinski definition) is 1. The first-order valence-corrected chi connectivity index (χ1v) is 5.96. The molecule has 3 unspecified atom stereocenters. The molecule has 16 heavy (non-hydrogen) atoms. The van der Waals surface area contributed by atoms with Gasteiger partial charge in [-0.25, -0.2) is 0 Å². The van der Waals surface area contributed by atoms with Crippen molar-refractivity contribution in [2.24, 2.45) is 23.0 Å². The minimum atomic E-state index is -4.09. The summed E-state index contributed by atoms with van der Waals surface area (Å²) in [6.45, 7) is 5.75. The maximum Gasteiger partial charge on any atom is 0.392 e. The molecular formula is C12H22F3N. The Bertz CT molecular complexity index is 229. The summed E-state index contributed by atoms with van der Waals surface area (Å²) < 4.78 is 38.7. The molecule has 0 radical (unpaired) electrons. The van der Waals surface area contributed by atoms with Gasteiger partial charge >= 0.3 is 6.18 Å². The molecule has 1 aliphatic rings. The van der Waals surface area contributed by atoms with Gasteiger partial charge in [-0.2, -0.15) is 13.2 Å². The van der Waals surface area contributed by atoms with Gasteiger partial charge in [0, 0.05) is 6.04 Å². The summed E-state index contributed by atoms with van der Waals surface area (Å²) in [5.74, 6) is -1.61. The quantitative estimate of drug-likeness (QED) is 0.739. The zero-order valence-corrected chi connectivity index (χ0v) is 10.3. The maximum absolute atomic E-state index is 12.9. The van der Waals surface area contributed by atoms with Crippen molar-refractivity contribution in [2.45, 2.75) is 58.7 Å². The molecule has 1 fully saturated rings. The maximum atomic E-state index is 12.9. The van der Waals surface area contributed by atoms with E-state index in [1.54, 1.807) is 0 Å². The number of alkyl halides is 3. The molecule has 3 atom stereocenters. The van der Waals surface area contributed by atoms with Gasteiger partial charge in [0.15, 0.2) is 0 Å². The average molecular weight is 237 g/mol. The molecule has 1 aliphatic carbocycles. The van der Waals surface area contributed by atoms with Crippen LogP contribution in [0.3, 0.4) is 0 Å². The van der Waals surface area contributed by atoms with Crippen LogP contribution in [0.4, 0.5) is 13.2 Å². The van der Waals surface area contributed by atoms with Crippen LogP contribution in [0.25, 0.3) is 0 Å². The monoisotopic (exact) mass is 237 g/mol. The molecule has 0 spiro atoms. The van der Waals surface area contributed by atoms with E-state index in [-0.39, 0.29) is 17.9 Å². The van der Waals surface area contributed by atoms with E-state index >= 15 is 0 Å². The standard InChI is InChI=1S/C12H22F3N/c1-11(2,3)10(16)8-6-4-5-7-9(8)12(13,14)15/h8-10H,4-7,16H2,1-3H3. The summed E-state index contributed by atoms with van der Waals surface area (Å²) in [4.78, 5) is 0. The predicted molar refractivity (Wildman–Crippen MR) is 58.9 cm³/mol. The van der Waals surface area contributed by atoms with E-state index in [1.165, 1.54) is 0 Å². The largest absolute Gasteiger partial charge is 0.392 e. The fraction of sp³-hybridized carbons (Fsp3) is 1.00. The zero-order chi connectivity index (χ0) is 12.6. The summed E-state index contributed by atoms with van der Waals surface area (Å²) in [5, 5.41) is 0. The van der Waals surface area contributed by atoms with Gasteiger partial charge in [0.1, 0.15) is 0 Å². The highest BCUT2D eigenvalue weighted by atomic mass is 19.4. The Kier molecular flexibility index (Phi) is 3.93. The van der Waals surface area contributed by atoms with Gasteiger partial charge in [0.05, 0.1) is 5.92 Å². The van der Waals surface area contributed by atoms with Crippen molar-refractivity contribution in [1.29, 1.82) is 0 Å². The Morgan fingerprint density at radius 3 is 2.00 bits per heavy atom. The van der Waals surface area contributed by atoms with E-state index in [9.17, 15) is 13.2 Å². The lowest BCUT2D eigenvalue weighted by atomic mass is 9.68. The van der Waals surface area contributed by atoms with E-state index in [0.717, 1.165) is 6.42 Å². The highest BCUT2D eigenvalue weighted by Gasteiger charge is 2.48. The molecular weight excluding hydrogens is 215 g/mol. The predicted octanol–water partition coefficient (Wildman–Crippen LogP) is 3.73. The summed E-state index contributed by atoms with van der Waals surface area (Å²) >= 11 is 0. The molecule has 1 saturated carbocycles. The van der Waals surface area contributed by atoms with E-state index in [1.807, 2.05) is 20.8 Å². The molecule has 96 valence electrons. The van der Waals surface area contributed by atoms with Crippen molar-refractivity contribution in [1.82, 2.24) is 0 Å². The third-order valence-electron chi connectivity index (χ3n) is 3.70. The van der Waals surface area contributed by atoms with Gasteiger partial charge < -0.3 is 5.73 Å². The van der Waals surface area contributed by atoms with Crippen LogP contribution in [0.1, 0.15) is 46.5 Å². The van der Waals surface area contributed by atoms with Gasteiger partial charge in [-0.15, -0.1) is 0 Å². The first-order valence-electron chi connectivity index (χ1n) is 5.96. The second-order valence-corrected chi connectivity index (χ2v) is 5.99. The van der Waals surface area contributed by atoms with E-state index < -0.39 is 18.0 Å². The molecule has 0 bridgehead atoms. The minimum Gasteiger partial charge on any atom is -0.327 e. The first kappa shape index (κ1) is 13.8. The molecule has 1 nitrogen and oxygen atoms in total. The molecule has 4 heteroatoms. The SMILES string of the molecule is CC(C)(C)C(N)C1CCCCC1C(F)(F)F. The Hall–Kier alpha value is -0.250. The second kappa shape index (κ2) is 4.55. The summed E-state index contributed by atoms with van der Waals surface area (Å²) in [7, 11) is 0. The van der Waals surface area contributed by atoms with Crippen molar-refractivity contribution in [3.63, 3.8) is 0 Å². The van der Waals surface area contributed by atoms with Crippen LogP contribution >= 0.6 is 0 Å². The number of rotatable bonds is 1. The second-order valence-electron chi connectivity index (χ2n) is 5.99. The minimum absolute atomic E-state index is 0.248. The number of nitrogens with two attached hydrogens (primary N) is 1. The van der Waals surface area contributed by atoms with Crippen molar-refractivity contribution in [3.05, 3.63) is 0 Å². The van der Waals surface area contributed by atoms with Crippen LogP contribution in [0.5, 0.6) is 0 Å². The van der Waals surface area contributed by atoms with E-state index in [4.69, 9.17) is 5.73 Å².